The van der Waals surface area contributed by atoms with E-state index in [0.717, 1.165) is 141 Å². The lowest BCUT2D eigenvalue weighted by molar-refractivity contribution is -0.155. The zero-order valence-electron chi connectivity index (χ0n) is 37.9. The molecule has 0 heterocycles. The molecule has 8 nitrogen and oxygen atoms in total. The minimum atomic E-state index is -0.717. The van der Waals surface area contributed by atoms with Gasteiger partial charge < -0.3 is 20.4 Å². The first-order valence-corrected chi connectivity index (χ1v) is 25.0. The quantitative estimate of drug-likeness (QED) is 0.0443. The largest absolute Gasteiger partial charge is 0.481 e. The van der Waals surface area contributed by atoms with Gasteiger partial charge in [-0.1, -0.05) is 219 Å². The van der Waals surface area contributed by atoms with Gasteiger partial charge in [0.2, 0.25) is 0 Å². The van der Waals surface area contributed by atoms with Gasteiger partial charge in [0.25, 0.3) is 0 Å². The van der Waals surface area contributed by atoms with Gasteiger partial charge in [0.15, 0.2) is 0 Å². The highest BCUT2D eigenvalue weighted by Gasteiger charge is 2.43. The van der Waals surface area contributed by atoms with E-state index in [2.05, 4.69) is 6.92 Å². The van der Waals surface area contributed by atoms with Crippen molar-refractivity contribution in [2.75, 3.05) is 0 Å². The van der Waals surface area contributed by atoms with Crippen LogP contribution in [0.5, 0.6) is 0 Å². The van der Waals surface area contributed by atoms with E-state index in [4.69, 9.17) is 15.3 Å². The summed E-state index contributed by atoms with van der Waals surface area (Å²) in [6, 6.07) is 0. The van der Waals surface area contributed by atoms with Crippen LogP contribution in [0, 0.1) is 11.3 Å². The minimum Gasteiger partial charge on any atom is -0.481 e. The van der Waals surface area contributed by atoms with Gasteiger partial charge >= 0.3 is 23.9 Å². The fraction of sp³-hybridized carbons (Fsp3) is 0.920. The molecule has 2 atom stereocenters. The number of hydrogen-bond acceptors (Lipinski definition) is 4. The summed E-state index contributed by atoms with van der Waals surface area (Å²) in [4.78, 5) is 45.6. The molecule has 0 spiro atoms. The van der Waals surface area contributed by atoms with E-state index >= 15 is 0 Å². The molecule has 58 heavy (non-hydrogen) atoms. The van der Waals surface area contributed by atoms with Crippen LogP contribution < -0.4 is 0 Å². The fourth-order valence-corrected chi connectivity index (χ4v) is 9.13. The van der Waals surface area contributed by atoms with Gasteiger partial charge in [-0.15, -0.1) is 0 Å². The van der Waals surface area contributed by atoms with Gasteiger partial charge in [-0.3, -0.25) is 19.2 Å². The predicted molar refractivity (Wildman–Crippen MR) is 241 cm³/mol. The van der Waals surface area contributed by atoms with Crippen molar-refractivity contribution in [1.29, 1.82) is 0 Å². The highest BCUT2D eigenvalue weighted by atomic mass is 16.4. The third-order valence-corrected chi connectivity index (χ3v) is 12.8. The Bertz CT molecular complexity index is 967. The first kappa shape index (κ1) is 55.9. The second-order valence-electron chi connectivity index (χ2n) is 18.0. The highest BCUT2D eigenvalue weighted by Crippen LogP contribution is 2.45. The average Bonchev–Trinajstić information content (AvgIpc) is 3.18. The van der Waals surface area contributed by atoms with Crippen molar-refractivity contribution < 1.29 is 39.6 Å². The third-order valence-electron chi connectivity index (χ3n) is 12.8. The Morgan fingerprint density at radius 2 is 0.552 bits per heavy atom. The molecular weight excluding hydrogens is 729 g/mol. The average molecular weight is 823 g/mol. The SMILES string of the molecule is CCCCCC(CCCCCCCCCCCCCCCCCC(=O)O)C(CCCCCCCCCCCCCC(=O)O)(CCCCCCCCCC(=O)O)C(=O)O. The molecule has 342 valence electrons. The number of hydrogen-bond donors (Lipinski definition) is 4. The predicted octanol–water partition coefficient (Wildman–Crippen LogP) is 15.7. The molecule has 0 aliphatic carbocycles. The Morgan fingerprint density at radius 3 is 0.793 bits per heavy atom. The molecule has 0 radical (unpaired) electrons. The molecule has 4 N–H and O–H groups in total. The van der Waals surface area contributed by atoms with Crippen LogP contribution in [0.2, 0.25) is 0 Å². The molecule has 8 heteroatoms. The molecule has 2 unspecified atom stereocenters. The first-order chi connectivity index (χ1) is 28.2. The van der Waals surface area contributed by atoms with Gasteiger partial charge in [0, 0.05) is 19.3 Å². The summed E-state index contributed by atoms with van der Waals surface area (Å²) in [5, 5.41) is 37.5. The van der Waals surface area contributed by atoms with E-state index in [1.807, 2.05) is 0 Å². The maximum Gasteiger partial charge on any atom is 0.309 e. The molecule has 0 fully saturated rings. The molecule has 0 aromatic heterocycles. The van der Waals surface area contributed by atoms with Crippen molar-refractivity contribution in [3.05, 3.63) is 0 Å². The van der Waals surface area contributed by atoms with Crippen molar-refractivity contribution in [3.8, 4) is 0 Å². The van der Waals surface area contributed by atoms with Gasteiger partial charge in [-0.25, -0.2) is 0 Å². The number of carboxylic acids is 4. The zero-order chi connectivity index (χ0) is 42.8. The second kappa shape index (κ2) is 41.6. The number of carbonyl (C=O) groups is 4. The van der Waals surface area contributed by atoms with E-state index in [0.29, 0.717) is 6.42 Å². The normalized spacial score (nSPS) is 13.1. The van der Waals surface area contributed by atoms with Crippen LogP contribution in [0.15, 0.2) is 0 Å². The Morgan fingerprint density at radius 1 is 0.328 bits per heavy atom. The zero-order valence-corrected chi connectivity index (χ0v) is 37.9. The molecule has 0 aliphatic rings. The molecule has 0 saturated heterocycles. The molecule has 0 amide bonds. The summed E-state index contributed by atoms with van der Waals surface area (Å²) < 4.78 is 0. The van der Waals surface area contributed by atoms with Crippen LogP contribution in [-0.2, 0) is 19.2 Å². The maximum atomic E-state index is 13.5. The molecule has 0 aliphatic heterocycles. The van der Waals surface area contributed by atoms with Gasteiger partial charge in [0.05, 0.1) is 5.41 Å². The standard InChI is InChI=1S/C50H94O8/c1-2-3-31-38-45(39-32-25-19-14-10-7-5-4-6-8-11-15-20-26-33-40-46(51)52)50(49(57)58,44-37-30-24-18-22-28-35-42-48(55)56)43-36-29-23-17-13-9-12-16-21-27-34-41-47(53)54/h45H,2-44H2,1H3,(H,51,52)(H,53,54)(H,55,56)(H,57,58). The van der Waals surface area contributed by atoms with Crippen LogP contribution in [0.4, 0.5) is 0 Å². The maximum absolute atomic E-state index is 13.5. The monoisotopic (exact) mass is 823 g/mol. The van der Waals surface area contributed by atoms with Crippen LogP contribution >= 0.6 is 0 Å². The molecule has 0 aromatic rings. The summed E-state index contributed by atoms with van der Waals surface area (Å²) in [6.45, 7) is 2.24. The first-order valence-electron chi connectivity index (χ1n) is 25.0. The van der Waals surface area contributed by atoms with Crippen molar-refractivity contribution in [2.45, 2.75) is 283 Å². The molecule has 0 saturated carbocycles. The summed E-state index contributed by atoms with van der Waals surface area (Å²) in [7, 11) is 0. The van der Waals surface area contributed by atoms with E-state index in [-0.39, 0.29) is 18.8 Å². The van der Waals surface area contributed by atoms with E-state index in [9.17, 15) is 24.3 Å². The van der Waals surface area contributed by atoms with Crippen LogP contribution in [0.1, 0.15) is 283 Å². The van der Waals surface area contributed by atoms with Crippen molar-refractivity contribution >= 4 is 23.9 Å². The summed E-state index contributed by atoms with van der Waals surface area (Å²) in [6.07, 6.45) is 45.5. The molecule has 0 bridgehead atoms. The van der Waals surface area contributed by atoms with E-state index < -0.39 is 29.3 Å². The summed E-state index contributed by atoms with van der Waals surface area (Å²) >= 11 is 0. The highest BCUT2D eigenvalue weighted by molar-refractivity contribution is 5.75. The Labute approximate surface area is 356 Å². The Hall–Kier alpha value is -2.12. The van der Waals surface area contributed by atoms with E-state index in [1.54, 1.807) is 0 Å². The minimum absolute atomic E-state index is 0.243. The third kappa shape index (κ3) is 35.8. The van der Waals surface area contributed by atoms with Crippen LogP contribution in [0.3, 0.4) is 0 Å². The van der Waals surface area contributed by atoms with Crippen LogP contribution in [0.25, 0.3) is 0 Å². The van der Waals surface area contributed by atoms with Crippen LogP contribution in [-0.4, -0.2) is 44.3 Å². The number of rotatable bonds is 48. The second-order valence-corrected chi connectivity index (χ2v) is 18.0. The molecular formula is C50H94O8. The van der Waals surface area contributed by atoms with Gasteiger partial charge in [-0.05, 0) is 50.9 Å². The number of unbranched alkanes of at least 4 members (excludes halogenated alkanes) is 32. The van der Waals surface area contributed by atoms with Crippen molar-refractivity contribution in [1.82, 2.24) is 0 Å². The Kier molecular flexibility index (Phi) is 40.1. The number of aliphatic carboxylic acids is 4. The summed E-state index contributed by atoms with van der Waals surface area (Å²) in [5.74, 6) is -2.40. The van der Waals surface area contributed by atoms with Gasteiger partial charge in [-0.2, -0.15) is 0 Å². The molecule has 0 rings (SSSR count). The Balaban J connectivity index is 4.84. The topological polar surface area (TPSA) is 149 Å². The van der Waals surface area contributed by atoms with Crippen molar-refractivity contribution in [2.24, 2.45) is 11.3 Å². The smallest absolute Gasteiger partial charge is 0.309 e. The van der Waals surface area contributed by atoms with Gasteiger partial charge in [0.1, 0.15) is 0 Å². The van der Waals surface area contributed by atoms with E-state index in [1.165, 1.54) is 116 Å². The summed E-state index contributed by atoms with van der Waals surface area (Å²) in [5.41, 5.74) is -0.629. The number of carboxylic acid groups (broad SMARTS) is 4. The van der Waals surface area contributed by atoms with Crippen molar-refractivity contribution in [3.63, 3.8) is 0 Å². The lowest BCUT2D eigenvalue weighted by Crippen LogP contribution is -2.39. The fourth-order valence-electron chi connectivity index (χ4n) is 9.13. The lowest BCUT2D eigenvalue weighted by atomic mass is 9.65. The lowest BCUT2D eigenvalue weighted by Gasteiger charge is -2.38. The molecule has 0 aromatic carbocycles.